The van der Waals surface area contributed by atoms with Gasteiger partial charge in [-0.2, -0.15) is 0 Å². The maximum absolute atomic E-state index is 13.5. The molecule has 1 aromatic rings. The molecule has 14 nitrogen and oxygen atoms in total. The Bertz CT molecular complexity index is 1510. The summed E-state index contributed by atoms with van der Waals surface area (Å²) in [4.78, 5) is 92.1. The first-order chi connectivity index (χ1) is 25.2. The van der Waals surface area contributed by atoms with Gasteiger partial charge in [0.1, 0.15) is 6.61 Å². The van der Waals surface area contributed by atoms with Crippen LogP contribution >= 0.6 is 0 Å². The summed E-state index contributed by atoms with van der Waals surface area (Å²) in [6, 6.07) is 5.07. The minimum atomic E-state index is -0.977. The second kappa shape index (κ2) is 19.2. The van der Waals surface area contributed by atoms with E-state index in [9.17, 15) is 33.6 Å². The van der Waals surface area contributed by atoms with Gasteiger partial charge in [-0.3, -0.25) is 28.9 Å². The molecule has 54 heavy (non-hydrogen) atoms. The van der Waals surface area contributed by atoms with Crippen molar-refractivity contribution in [3.05, 3.63) is 29.8 Å². The Hall–Kier alpha value is -4.49. The van der Waals surface area contributed by atoms with Gasteiger partial charge < -0.3 is 31.3 Å². The van der Waals surface area contributed by atoms with E-state index >= 15 is 0 Å². The molecule has 1 aromatic carbocycles. The van der Waals surface area contributed by atoms with Crippen molar-refractivity contribution in [3.63, 3.8) is 0 Å². The smallest absolute Gasteiger partial charge is 0.410 e. The topological polar surface area (TPSA) is 197 Å². The van der Waals surface area contributed by atoms with Crippen LogP contribution in [0.5, 0.6) is 0 Å². The van der Waals surface area contributed by atoms with Gasteiger partial charge in [-0.1, -0.05) is 73.9 Å². The maximum Gasteiger partial charge on any atom is 0.410 e. The Kier molecular flexibility index (Phi) is 15.6. The number of urea groups is 1. The average Bonchev–Trinajstić information content (AvgIpc) is 3.70. The summed E-state index contributed by atoms with van der Waals surface area (Å²) in [5.41, 5.74) is 6.28. The lowest BCUT2D eigenvalue weighted by Gasteiger charge is -2.26. The number of rotatable bonds is 17. The van der Waals surface area contributed by atoms with Crippen molar-refractivity contribution >= 4 is 47.2 Å². The molecule has 2 saturated heterocycles. The van der Waals surface area contributed by atoms with Crippen molar-refractivity contribution in [1.82, 2.24) is 20.4 Å². The second-order valence-electron chi connectivity index (χ2n) is 17.3. The average molecular weight is 755 g/mol. The number of amides is 7. The predicted molar refractivity (Wildman–Crippen MR) is 205 cm³/mol. The molecular formula is C40H62N6O8. The molecule has 14 heteroatoms. The van der Waals surface area contributed by atoms with Crippen molar-refractivity contribution in [2.45, 2.75) is 113 Å². The third-order valence-corrected chi connectivity index (χ3v) is 10.5. The molecule has 4 atom stereocenters. The van der Waals surface area contributed by atoms with Crippen LogP contribution in [0.25, 0.3) is 0 Å². The zero-order valence-electron chi connectivity index (χ0n) is 33.4. The molecule has 0 spiro atoms. The third-order valence-electron chi connectivity index (χ3n) is 10.5. The molecule has 0 saturated carbocycles. The largest absolute Gasteiger partial charge is 0.445 e. The summed E-state index contributed by atoms with van der Waals surface area (Å²) in [7, 11) is 0. The van der Waals surface area contributed by atoms with Crippen molar-refractivity contribution in [2.24, 2.45) is 40.2 Å². The van der Waals surface area contributed by atoms with E-state index < -0.39 is 23.9 Å². The Morgan fingerprint density at radius 1 is 0.944 bits per heavy atom. The number of carbonyl (C=O) groups excluding carboxylic acids is 7. The van der Waals surface area contributed by atoms with E-state index in [0.717, 1.165) is 12.0 Å². The van der Waals surface area contributed by atoms with Gasteiger partial charge in [-0.25, -0.2) is 9.59 Å². The summed E-state index contributed by atoms with van der Waals surface area (Å²) in [6.07, 6.45) is 2.40. The SMILES string of the molecule is CC(C)[C@H](NC(=O)CCCCCN1C(=O)CC(C(C)(C)C)C1=O)C(=O)C[C@@H](CNC(N)=O)C(=O)Nc1ccc(COC(=O)N2CCC(C(C)(C)C)C2)cc1. The molecule has 0 aliphatic carbocycles. The van der Waals surface area contributed by atoms with E-state index in [1.165, 1.54) is 4.90 Å². The zero-order chi connectivity index (χ0) is 40.4. The lowest BCUT2D eigenvalue weighted by molar-refractivity contribution is -0.140. The highest BCUT2D eigenvalue weighted by Crippen LogP contribution is 2.36. The van der Waals surface area contributed by atoms with Crippen LogP contribution in [0.4, 0.5) is 15.3 Å². The molecule has 300 valence electrons. The Labute approximate surface area is 320 Å². The molecule has 3 rings (SSSR count). The zero-order valence-corrected chi connectivity index (χ0v) is 33.4. The Morgan fingerprint density at radius 2 is 1.61 bits per heavy atom. The number of nitrogens with zero attached hydrogens (tertiary/aromatic N) is 2. The lowest BCUT2D eigenvalue weighted by Crippen LogP contribution is -2.47. The molecular weight excluding hydrogens is 692 g/mol. The van der Waals surface area contributed by atoms with E-state index in [1.807, 2.05) is 20.8 Å². The van der Waals surface area contributed by atoms with Crippen LogP contribution in [-0.4, -0.2) is 83.6 Å². The number of anilines is 1. The molecule has 0 aromatic heterocycles. The minimum absolute atomic E-state index is 0.0738. The highest BCUT2D eigenvalue weighted by atomic mass is 16.6. The fraction of sp³-hybridized carbons (Fsp3) is 0.675. The van der Waals surface area contributed by atoms with E-state index in [-0.39, 0.29) is 84.7 Å². The minimum Gasteiger partial charge on any atom is -0.445 e. The molecule has 2 heterocycles. The molecule has 5 N–H and O–H groups in total. The molecule has 2 unspecified atom stereocenters. The van der Waals surface area contributed by atoms with Gasteiger partial charge in [-0.05, 0) is 59.6 Å². The third kappa shape index (κ3) is 13.1. The number of Topliss-reactive ketones (excluding diaryl/α,β-unsaturated/α-hetero) is 1. The Balaban J connectivity index is 1.48. The number of unbranched alkanes of at least 4 members (excludes halogenated alkanes) is 2. The number of likely N-dealkylation sites (tertiary alicyclic amines) is 2. The summed E-state index contributed by atoms with van der Waals surface area (Å²) in [5.74, 6) is -2.66. The highest BCUT2D eigenvalue weighted by molar-refractivity contribution is 6.04. The van der Waals surface area contributed by atoms with E-state index in [1.54, 1.807) is 43.0 Å². The first-order valence-corrected chi connectivity index (χ1v) is 19.2. The predicted octanol–water partition coefficient (Wildman–Crippen LogP) is 5.00. The molecule has 7 amide bonds. The van der Waals surface area contributed by atoms with Crippen LogP contribution in [0, 0.1) is 34.5 Å². The van der Waals surface area contributed by atoms with Gasteiger partial charge in [-0.15, -0.1) is 0 Å². The van der Waals surface area contributed by atoms with Crippen molar-refractivity contribution in [2.75, 3.05) is 31.5 Å². The van der Waals surface area contributed by atoms with Crippen LogP contribution in [0.3, 0.4) is 0 Å². The summed E-state index contributed by atoms with van der Waals surface area (Å²) < 4.78 is 5.53. The van der Waals surface area contributed by atoms with Gasteiger partial charge in [0.2, 0.25) is 23.6 Å². The maximum atomic E-state index is 13.5. The van der Waals surface area contributed by atoms with Crippen molar-refractivity contribution < 1.29 is 38.3 Å². The first-order valence-electron chi connectivity index (χ1n) is 19.2. The molecule has 0 radical (unpaired) electrons. The van der Waals surface area contributed by atoms with Crippen LogP contribution < -0.4 is 21.7 Å². The normalized spacial score (nSPS) is 18.8. The van der Waals surface area contributed by atoms with Crippen molar-refractivity contribution in [3.8, 4) is 0 Å². The second-order valence-corrected chi connectivity index (χ2v) is 17.3. The number of nitrogens with one attached hydrogen (secondary N) is 3. The van der Waals surface area contributed by atoms with Crippen LogP contribution in [-0.2, 0) is 35.3 Å². The summed E-state index contributed by atoms with van der Waals surface area (Å²) >= 11 is 0. The van der Waals surface area contributed by atoms with Crippen LogP contribution in [0.1, 0.15) is 106 Å². The van der Waals surface area contributed by atoms with Crippen LogP contribution in [0.2, 0.25) is 0 Å². The van der Waals surface area contributed by atoms with Gasteiger partial charge in [0.05, 0.1) is 17.9 Å². The number of ether oxygens (including phenoxy) is 1. The quantitative estimate of drug-likeness (QED) is 0.126. The monoisotopic (exact) mass is 754 g/mol. The number of benzene rings is 1. The van der Waals surface area contributed by atoms with Gasteiger partial charge in [0, 0.05) is 51.1 Å². The number of hydrogen-bond acceptors (Lipinski definition) is 8. The molecule has 2 aliphatic rings. The number of primary amides is 1. The number of hydrogen-bond donors (Lipinski definition) is 4. The summed E-state index contributed by atoms with van der Waals surface area (Å²) in [6.45, 7) is 17.5. The van der Waals surface area contributed by atoms with Crippen molar-refractivity contribution in [1.29, 1.82) is 0 Å². The van der Waals surface area contributed by atoms with Gasteiger partial charge >= 0.3 is 12.1 Å². The fourth-order valence-electron chi connectivity index (χ4n) is 6.84. The standard InChI is InChI=1S/C40H62N6O8/c1-25(2)34(44-32(48)12-10-9-11-18-46-33(49)21-30(36(46)51)40(6,7)8)31(47)20-27(22-42-37(41)52)35(50)43-29-15-13-26(14-16-29)24-54-38(53)45-19-17-28(23-45)39(3,4)5/h13-16,25,27-28,30,34H,9-12,17-24H2,1-8H3,(H,43,50)(H,44,48)(H3,41,42,52)/t27-,28?,30?,34-/m0/s1. The van der Waals surface area contributed by atoms with Gasteiger partial charge in [0.15, 0.2) is 5.78 Å². The number of imide groups is 1. The molecule has 2 aliphatic heterocycles. The Morgan fingerprint density at radius 3 is 2.17 bits per heavy atom. The van der Waals surface area contributed by atoms with Crippen LogP contribution in [0.15, 0.2) is 24.3 Å². The fourth-order valence-corrected chi connectivity index (χ4v) is 6.84. The van der Waals surface area contributed by atoms with Gasteiger partial charge in [0.25, 0.3) is 0 Å². The number of nitrogens with two attached hydrogens (primary N) is 1. The van der Waals surface area contributed by atoms with E-state index in [2.05, 4.69) is 36.7 Å². The highest BCUT2D eigenvalue weighted by Gasteiger charge is 2.44. The first kappa shape index (κ1) is 43.9. The van der Waals surface area contributed by atoms with E-state index in [0.29, 0.717) is 50.5 Å². The molecule has 0 bridgehead atoms. The van der Waals surface area contributed by atoms with E-state index in [4.69, 9.17) is 10.5 Å². The number of carbonyl (C=O) groups is 7. The lowest BCUT2D eigenvalue weighted by atomic mass is 9.80. The molecule has 2 fully saturated rings. The summed E-state index contributed by atoms with van der Waals surface area (Å²) in [5, 5.41) is 8.00. The number of ketones is 1.